The van der Waals surface area contributed by atoms with Crippen molar-refractivity contribution < 1.29 is 44.6 Å². The predicted octanol–water partition coefficient (Wildman–Crippen LogP) is -2.20. The Morgan fingerprint density at radius 2 is 1.30 bits per heavy atom. The smallest absolute Gasteiger partial charge is 0.870 e. The third-order valence-corrected chi connectivity index (χ3v) is 0.644. The van der Waals surface area contributed by atoms with Crippen molar-refractivity contribution in [3.8, 4) is 0 Å². The maximum atomic E-state index is 9.56. The van der Waals surface area contributed by atoms with Gasteiger partial charge in [-0.25, -0.2) is 0 Å². The van der Waals surface area contributed by atoms with Gasteiger partial charge in [-0.15, -0.1) is 12.4 Å². The second-order valence-corrected chi connectivity index (χ2v) is 1.26. The first kappa shape index (κ1) is 22.4. The third-order valence-electron chi connectivity index (χ3n) is 0.644. The molecule has 0 aliphatic heterocycles. The van der Waals surface area contributed by atoms with E-state index in [1.54, 1.807) is 0 Å². The molecule has 0 spiro atoms. The number of unbranched alkanes of at least 4 members (excludes halogenated alkanes) is 2. The fourth-order valence-corrected chi connectivity index (χ4v) is 0.285. The van der Waals surface area contributed by atoms with Crippen molar-refractivity contribution in [2.45, 2.75) is 19.3 Å². The second kappa shape index (κ2) is 22.6. The molecule has 0 aromatic rings. The first-order valence-electron chi connectivity index (χ1n) is 2.29. The maximum absolute atomic E-state index is 9.56. The Morgan fingerprint density at radius 3 is 1.50 bits per heavy atom. The molecule has 0 aliphatic rings. The van der Waals surface area contributed by atoms with E-state index in [4.69, 9.17) is 0 Å². The van der Waals surface area contributed by atoms with Crippen LogP contribution in [0.2, 0.25) is 0 Å². The largest absolute Gasteiger partial charge is 1.00 e. The van der Waals surface area contributed by atoms with E-state index in [-0.39, 0.29) is 47.4 Å². The van der Waals surface area contributed by atoms with Gasteiger partial charge in [0.15, 0.2) is 0 Å². The van der Waals surface area contributed by atoms with Crippen molar-refractivity contribution in [2.24, 2.45) is 0 Å². The van der Waals surface area contributed by atoms with Gasteiger partial charge in [0.1, 0.15) is 12.6 Å². The van der Waals surface area contributed by atoms with Gasteiger partial charge in [0.05, 0.1) is 0 Å². The molecule has 56 valence electrons. The zero-order chi connectivity index (χ0) is 5.54. The minimum Gasteiger partial charge on any atom is -0.870 e. The van der Waals surface area contributed by atoms with Gasteiger partial charge in [0.25, 0.3) is 0 Å². The monoisotopic (exact) mass is 176 g/mol. The van der Waals surface area contributed by atoms with Crippen molar-refractivity contribution in [3.63, 3.8) is 0 Å². The van der Waals surface area contributed by atoms with E-state index in [0.29, 0.717) is 19.3 Å². The van der Waals surface area contributed by atoms with Crippen molar-refractivity contribution in [1.82, 2.24) is 0 Å². The molecule has 0 fully saturated rings. The topological polar surface area (TPSA) is 64.1 Å². The average molecular weight is 177 g/mol. The van der Waals surface area contributed by atoms with E-state index in [1.807, 2.05) is 0 Å². The van der Waals surface area contributed by atoms with Gasteiger partial charge in [-0.1, -0.05) is 0 Å². The number of rotatable bonds is 4. The summed E-state index contributed by atoms with van der Waals surface area (Å²) >= 11 is 0. The molecule has 10 heavy (non-hydrogen) atoms. The van der Waals surface area contributed by atoms with Crippen LogP contribution in [0.25, 0.3) is 0 Å². The molecule has 0 radical (unpaired) electrons. The van der Waals surface area contributed by atoms with Crippen LogP contribution in [0.4, 0.5) is 0 Å². The summed E-state index contributed by atoms with van der Waals surface area (Å²) < 4.78 is 0. The Kier molecular flexibility index (Phi) is 50.8. The van der Waals surface area contributed by atoms with Crippen LogP contribution in [0.1, 0.15) is 19.3 Å². The summed E-state index contributed by atoms with van der Waals surface area (Å²) in [4.78, 5) is 19.1. The van der Waals surface area contributed by atoms with Crippen LogP contribution < -0.4 is 29.6 Å². The molecule has 0 amide bonds. The first-order chi connectivity index (χ1) is 3.41. The molecule has 1 N–H and O–H groups in total. The van der Waals surface area contributed by atoms with Gasteiger partial charge in [-0.2, -0.15) is 0 Å². The van der Waals surface area contributed by atoms with Gasteiger partial charge in [0.2, 0.25) is 0 Å². The number of aldehydes is 2. The Balaban J connectivity index is -0.0000000600. The average Bonchev–Trinajstić information content (AvgIpc) is 1.69. The molecule has 0 rings (SSSR count). The van der Waals surface area contributed by atoms with Crippen LogP contribution in [-0.4, -0.2) is 18.0 Å². The Bertz CT molecular complexity index is 61.9. The number of hydrogen-bond acceptors (Lipinski definition) is 3. The predicted molar refractivity (Wildman–Crippen MR) is 35.2 cm³/mol. The maximum Gasteiger partial charge on any atom is 1.00 e. The van der Waals surface area contributed by atoms with E-state index >= 15 is 0 Å². The summed E-state index contributed by atoms with van der Waals surface area (Å²) in [6, 6.07) is 0. The van der Waals surface area contributed by atoms with Gasteiger partial charge in [-0.3, -0.25) is 0 Å². The molecule has 0 unspecified atom stereocenters. The van der Waals surface area contributed by atoms with Gasteiger partial charge >= 0.3 is 29.6 Å². The summed E-state index contributed by atoms with van der Waals surface area (Å²) in [7, 11) is 0. The molecule has 0 saturated heterocycles. The normalized spacial score (nSPS) is 5.60. The first-order valence-corrected chi connectivity index (χ1v) is 2.29. The molecule has 0 aromatic carbocycles. The number of carbonyl (C=O) groups excluding carboxylic acids is 2. The van der Waals surface area contributed by atoms with Gasteiger partial charge in [0, 0.05) is 12.8 Å². The van der Waals surface area contributed by atoms with Crippen LogP contribution in [0, 0.1) is 0 Å². The van der Waals surface area contributed by atoms with Crippen LogP contribution >= 0.6 is 12.4 Å². The van der Waals surface area contributed by atoms with Crippen LogP contribution in [0.3, 0.4) is 0 Å². The molecular formula is C5H10ClNaO3. The van der Waals surface area contributed by atoms with E-state index in [9.17, 15) is 9.59 Å². The van der Waals surface area contributed by atoms with Crippen LogP contribution in [-0.2, 0) is 9.59 Å². The minimum absolute atomic E-state index is 0. The summed E-state index contributed by atoms with van der Waals surface area (Å²) in [5.41, 5.74) is 0. The number of halogens is 1. The molecule has 5 heteroatoms. The summed E-state index contributed by atoms with van der Waals surface area (Å²) in [6.45, 7) is 0. The number of hydrogen-bond donors (Lipinski definition) is 0. The number of carbonyl (C=O) groups is 2. The van der Waals surface area contributed by atoms with Crippen LogP contribution in [0.15, 0.2) is 0 Å². The van der Waals surface area contributed by atoms with Crippen LogP contribution in [0.5, 0.6) is 0 Å². The SMILES string of the molecule is Cl.O=CCCCC=O.[Na+].[OH-]. The fraction of sp³-hybridized carbons (Fsp3) is 0.600. The Morgan fingerprint density at radius 1 is 1.00 bits per heavy atom. The molecule has 0 saturated carbocycles. The molecule has 0 aliphatic carbocycles. The molecule has 0 bridgehead atoms. The molecule has 0 aromatic heterocycles. The van der Waals surface area contributed by atoms with E-state index in [0.717, 1.165) is 12.6 Å². The zero-order valence-corrected chi connectivity index (χ0v) is 8.76. The summed E-state index contributed by atoms with van der Waals surface area (Å²) in [5, 5.41) is 0. The van der Waals surface area contributed by atoms with Crippen molar-refractivity contribution >= 4 is 25.0 Å². The van der Waals surface area contributed by atoms with E-state index in [2.05, 4.69) is 0 Å². The van der Waals surface area contributed by atoms with Crippen molar-refractivity contribution in [3.05, 3.63) is 0 Å². The van der Waals surface area contributed by atoms with E-state index in [1.165, 1.54) is 0 Å². The standard InChI is InChI=1S/C5H8O2.ClH.Na.H2O/c6-4-2-1-3-5-7;;;/h4-5H,1-3H2;1H;;1H2/q;;+1;/p-1. The van der Waals surface area contributed by atoms with Gasteiger partial charge in [-0.05, 0) is 6.42 Å². The van der Waals surface area contributed by atoms with Gasteiger partial charge < -0.3 is 15.1 Å². The zero-order valence-electron chi connectivity index (χ0n) is 5.95. The second-order valence-electron chi connectivity index (χ2n) is 1.26. The quantitative estimate of drug-likeness (QED) is 0.278. The fourth-order valence-electron chi connectivity index (χ4n) is 0.285. The minimum atomic E-state index is 0. The summed E-state index contributed by atoms with van der Waals surface area (Å²) in [6.07, 6.45) is 3.37. The molecular weight excluding hydrogens is 166 g/mol. The molecule has 0 atom stereocenters. The van der Waals surface area contributed by atoms with E-state index < -0.39 is 0 Å². The Hall–Kier alpha value is 0.590. The van der Waals surface area contributed by atoms with Crippen molar-refractivity contribution in [2.75, 3.05) is 0 Å². The Labute approximate surface area is 88.6 Å². The molecule has 0 heterocycles. The third kappa shape index (κ3) is 23.5. The van der Waals surface area contributed by atoms with Crippen molar-refractivity contribution in [1.29, 1.82) is 0 Å². The summed E-state index contributed by atoms with van der Waals surface area (Å²) in [5.74, 6) is 0. The molecule has 3 nitrogen and oxygen atoms in total.